The van der Waals surface area contributed by atoms with Crippen molar-refractivity contribution in [3.8, 4) is 0 Å². The first kappa shape index (κ1) is 16.7. The van der Waals surface area contributed by atoms with E-state index in [1.807, 2.05) is 37.3 Å². The van der Waals surface area contributed by atoms with Gasteiger partial charge in [0.2, 0.25) is 11.5 Å². The number of benzene rings is 1. The quantitative estimate of drug-likeness (QED) is 0.631. The summed E-state index contributed by atoms with van der Waals surface area (Å²) in [5.74, 6) is -0.0950. The molecule has 0 unspecified atom stereocenters. The summed E-state index contributed by atoms with van der Waals surface area (Å²) in [4.78, 5) is 23.2. The molecule has 0 bridgehead atoms. The SMILES string of the molecule is Cc1ccc(C=CC(=O)NCCCCn2ccccc2=O)cc1. The van der Waals surface area contributed by atoms with Gasteiger partial charge < -0.3 is 9.88 Å². The number of aromatic nitrogens is 1. The molecule has 1 aromatic heterocycles. The molecule has 2 aromatic rings. The lowest BCUT2D eigenvalue weighted by atomic mass is 10.1. The summed E-state index contributed by atoms with van der Waals surface area (Å²) in [6.45, 7) is 3.32. The molecular weight excluding hydrogens is 288 g/mol. The molecule has 0 aliphatic heterocycles. The van der Waals surface area contributed by atoms with E-state index < -0.39 is 0 Å². The third-order valence-electron chi connectivity index (χ3n) is 3.53. The van der Waals surface area contributed by atoms with Crippen LogP contribution in [0, 0.1) is 6.92 Å². The number of nitrogens with one attached hydrogen (secondary N) is 1. The van der Waals surface area contributed by atoms with Gasteiger partial charge in [0, 0.05) is 31.4 Å². The maximum atomic E-state index is 11.7. The van der Waals surface area contributed by atoms with E-state index in [0.29, 0.717) is 13.1 Å². The lowest BCUT2D eigenvalue weighted by Gasteiger charge is -2.05. The minimum atomic E-state index is -0.0950. The van der Waals surface area contributed by atoms with Crippen LogP contribution in [0.15, 0.2) is 59.5 Å². The first-order chi connectivity index (χ1) is 11.1. The zero-order valence-corrected chi connectivity index (χ0v) is 13.4. The fourth-order valence-corrected chi connectivity index (χ4v) is 2.17. The Morgan fingerprint density at radius 2 is 1.91 bits per heavy atom. The van der Waals surface area contributed by atoms with Crippen molar-refractivity contribution in [2.75, 3.05) is 6.54 Å². The van der Waals surface area contributed by atoms with E-state index in [1.54, 1.807) is 35.0 Å². The second-order valence-electron chi connectivity index (χ2n) is 5.47. The molecule has 1 heterocycles. The fourth-order valence-electron chi connectivity index (χ4n) is 2.17. The van der Waals surface area contributed by atoms with Crippen molar-refractivity contribution in [2.24, 2.45) is 0 Å². The second kappa shape index (κ2) is 8.73. The van der Waals surface area contributed by atoms with Gasteiger partial charge in [0.1, 0.15) is 0 Å². The third kappa shape index (κ3) is 5.94. The normalized spacial score (nSPS) is 10.8. The van der Waals surface area contributed by atoms with Crippen LogP contribution in [0.3, 0.4) is 0 Å². The summed E-state index contributed by atoms with van der Waals surface area (Å²) in [7, 11) is 0. The van der Waals surface area contributed by atoms with Crippen LogP contribution in [0.1, 0.15) is 24.0 Å². The Hall–Kier alpha value is -2.62. The molecule has 0 aliphatic rings. The zero-order valence-electron chi connectivity index (χ0n) is 13.4. The Morgan fingerprint density at radius 1 is 1.13 bits per heavy atom. The van der Waals surface area contributed by atoms with Gasteiger partial charge >= 0.3 is 0 Å². The van der Waals surface area contributed by atoms with Crippen LogP contribution in [-0.4, -0.2) is 17.0 Å². The maximum absolute atomic E-state index is 11.7. The molecule has 0 saturated heterocycles. The fraction of sp³-hybridized carbons (Fsp3) is 0.263. The molecule has 0 fully saturated rings. The molecule has 0 radical (unpaired) electrons. The van der Waals surface area contributed by atoms with Crippen molar-refractivity contribution in [1.82, 2.24) is 9.88 Å². The van der Waals surface area contributed by atoms with Crippen LogP contribution >= 0.6 is 0 Å². The first-order valence-electron chi connectivity index (χ1n) is 7.83. The van der Waals surface area contributed by atoms with Crippen molar-refractivity contribution in [2.45, 2.75) is 26.3 Å². The highest BCUT2D eigenvalue weighted by Crippen LogP contribution is 2.04. The molecule has 2 rings (SSSR count). The Morgan fingerprint density at radius 3 is 2.65 bits per heavy atom. The molecule has 4 heteroatoms. The minimum absolute atomic E-state index is 0.0116. The summed E-state index contributed by atoms with van der Waals surface area (Å²) in [6.07, 6.45) is 6.83. The van der Waals surface area contributed by atoms with Crippen LogP contribution in [0.5, 0.6) is 0 Å². The summed E-state index contributed by atoms with van der Waals surface area (Å²) in [5, 5.41) is 2.85. The van der Waals surface area contributed by atoms with Crippen molar-refractivity contribution in [3.05, 3.63) is 76.2 Å². The van der Waals surface area contributed by atoms with Crippen molar-refractivity contribution in [1.29, 1.82) is 0 Å². The summed E-state index contributed by atoms with van der Waals surface area (Å²) >= 11 is 0. The van der Waals surface area contributed by atoms with Gasteiger partial charge in [0.15, 0.2) is 0 Å². The predicted molar refractivity (Wildman–Crippen MR) is 93.2 cm³/mol. The molecule has 4 nitrogen and oxygen atoms in total. The number of unbranched alkanes of at least 4 members (excludes halogenated alkanes) is 1. The predicted octanol–water partition coefficient (Wildman–Crippen LogP) is 2.77. The van der Waals surface area contributed by atoms with Crippen molar-refractivity contribution in [3.63, 3.8) is 0 Å². The van der Waals surface area contributed by atoms with E-state index in [9.17, 15) is 9.59 Å². The molecular formula is C19H22N2O2. The standard InChI is InChI=1S/C19H22N2O2/c1-16-7-9-17(10-8-16)11-12-18(22)20-13-3-5-15-21-14-4-2-6-19(21)23/h2,4,6-12,14H,3,5,13,15H2,1H3,(H,20,22). The molecule has 0 saturated carbocycles. The van der Waals surface area contributed by atoms with Gasteiger partial charge in [-0.2, -0.15) is 0 Å². The van der Waals surface area contributed by atoms with Gasteiger partial charge in [-0.05, 0) is 37.5 Å². The number of nitrogens with zero attached hydrogens (tertiary/aromatic N) is 1. The Bertz CT molecular complexity index is 715. The van der Waals surface area contributed by atoms with E-state index >= 15 is 0 Å². The number of hydrogen-bond donors (Lipinski definition) is 1. The van der Waals surface area contributed by atoms with Gasteiger partial charge in [0.25, 0.3) is 0 Å². The molecule has 1 aromatic carbocycles. The molecule has 1 N–H and O–H groups in total. The van der Waals surface area contributed by atoms with E-state index in [4.69, 9.17) is 0 Å². The molecule has 0 aliphatic carbocycles. The minimum Gasteiger partial charge on any atom is -0.353 e. The summed E-state index contributed by atoms with van der Waals surface area (Å²) in [6, 6.07) is 13.1. The first-order valence-corrected chi connectivity index (χ1v) is 7.83. The van der Waals surface area contributed by atoms with Crippen molar-refractivity contribution >= 4 is 12.0 Å². The second-order valence-corrected chi connectivity index (χ2v) is 5.47. The maximum Gasteiger partial charge on any atom is 0.250 e. The number of pyridine rings is 1. The van der Waals surface area contributed by atoms with E-state index in [1.165, 1.54) is 5.56 Å². The van der Waals surface area contributed by atoms with Crippen LogP contribution in [0.4, 0.5) is 0 Å². The highest BCUT2D eigenvalue weighted by Gasteiger charge is 1.97. The van der Waals surface area contributed by atoms with E-state index in [-0.39, 0.29) is 11.5 Å². The number of aryl methyl sites for hydroxylation is 2. The van der Waals surface area contributed by atoms with Crippen LogP contribution in [0.2, 0.25) is 0 Å². The van der Waals surface area contributed by atoms with Crippen LogP contribution in [-0.2, 0) is 11.3 Å². The monoisotopic (exact) mass is 310 g/mol. The number of amides is 1. The van der Waals surface area contributed by atoms with E-state index in [2.05, 4.69) is 5.32 Å². The number of hydrogen-bond acceptors (Lipinski definition) is 2. The molecule has 23 heavy (non-hydrogen) atoms. The lowest BCUT2D eigenvalue weighted by Crippen LogP contribution is -2.23. The Labute approximate surface area is 136 Å². The largest absolute Gasteiger partial charge is 0.353 e. The molecule has 1 amide bonds. The van der Waals surface area contributed by atoms with Crippen LogP contribution in [0.25, 0.3) is 6.08 Å². The number of carbonyl (C=O) groups excluding carboxylic acids is 1. The number of carbonyl (C=O) groups is 1. The zero-order chi connectivity index (χ0) is 16.5. The molecule has 120 valence electrons. The van der Waals surface area contributed by atoms with Crippen molar-refractivity contribution < 1.29 is 4.79 Å². The van der Waals surface area contributed by atoms with Gasteiger partial charge in [-0.15, -0.1) is 0 Å². The molecule has 0 atom stereocenters. The highest BCUT2D eigenvalue weighted by molar-refractivity contribution is 5.91. The van der Waals surface area contributed by atoms with Gasteiger partial charge in [-0.25, -0.2) is 0 Å². The Balaban J connectivity index is 1.66. The number of rotatable bonds is 7. The van der Waals surface area contributed by atoms with E-state index in [0.717, 1.165) is 18.4 Å². The average molecular weight is 310 g/mol. The summed E-state index contributed by atoms with van der Waals surface area (Å²) < 4.78 is 1.68. The highest BCUT2D eigenvalue weighted by atomic mass is 16.1. The topological polar surface area (TPSA) is 51.1 Å². The van der Waals surface area contributed by atoms with Gasteiger partial charge in [0.05, 0.1) is 0 Å². The smallest absolute Gasteiger partial charge is 0.250 e. The average Bonchev–Trinajstić information content (AvgIpc) is 2.55. The lowest BCUT2D eigenvalue weighted by molar-refractivity contribution is -0.116. The third-order valence-corrected chi connectivity index (χ3v) is 3.53. The molecule has 0 spiro atoms. The van der Waals surface area contributed by atoms with Gasteiger partial charge in [-0.1, -0.05) is 35.9 Å². The van der Waals surface area contributed by atoms with Crippen LogP contribution < -0.4 is 10.9 Å². The Kier molecular flexibility index (Phi) is 6.36. The van der Waals surface area contributed by atoms with Gasteiger partial charge in [-0.3, -0.25) is 9.59 Å². The summed E-state index contributed by atoms with van der Waals surface area (Å²) in [5.41, 5.74) is 2.22.